The quantitative estimate of drug-likeness (QED) is 0.527. The maximum Gasteiger partial charge on any atom is 0.330 e. The zero-order chi connectivity index (χ0) is 9.68. The molecular weight excluding hydrogens is 168 g/mol. The van der Waals surface area contributed by atoms with Crippen molar-refractivity contribution in [2.24, 2.45) is 0 Å². The second kappa shape index (κ2) is 4.50. The summed E-state index contributed by atoms with van der Waals surface area (Å²) in [5.41, 5.74) is 0. The summed E-state index contributed by atoms with van der Waals surface area (Å²) in [5.74, 6) is 1.20. The Morgan fingerprint density at radius 2 is 2.38 bits per heavy atom. The van der Waals surface area contributed by atoms with Gasteiger partial charge in [-0.15, -0.1) is 0 Å². The van der Waals surface area contributed by atoms with Crippen LogP contribution in [0, 0.1) is 0 Å². The summed E-state index contributed by atoms with van der Waals surface area (Å²) < 4.78 is 9.77. The lowest BCUT2D eigenvalue weighted by molar-refractivity contribution is -0.134. The molecule has 0 spiro atoms. The summed E-state index contributed by atoms with van der Waals surface area (Å²) in [6.07, 6.45) is 3.77. The maximum atomic E-state index is 10.7. The van der Waals surface area contributed by atoms with Gasteiger partial charge < -0.3 is 9.15 Å². The highest BCUT2D eigenvalue weighted by atomic mass is 16.5. The number of esters is 1. The van der Waals surface area contributed by atoms with Gasteiger partial charge in [-0.25, -0.2) is 4.79 Å². The van der Waals surface area contributed by atoms with Crippen LogP contribution in [0.4, 0.5) is 0 Å². The van der Waals surface area contributed by atoms with Gasteiger partial charge in [0.2, 0.25) is 0 Å². The molecular formula is C10H12O3. The van der Waals surface area contributed by atoms with Crippen molar-refractivity contribution in [2.75, 3.05) is 7.11 Å². The van der Waals surface area contributed by atoms with Crippen molar-refractivity contribution in [2.45, 2.75) is 13.3 Å². The Bertz CT molecular complexity index is 310. The summed E-state index contributed by atoms with van der Waals surface area (Å²) in [6, 6.07) is 3.70. The van der Waals surface area contributed by atoms with Crippen LogP contribution in [0.15, 0.2) is 22.6 Å². The van der Waals surface area contributed by atoms with Crippen LogP contribution < -0.4 is 0 Å². The van der Waals surface area contributed by atoms with Gasteiger partial charge in [-0.2, -0.15) is 0 Å². The van der Waals surface area contributed by atoms with Crippen molar-refractivity contribution in [1.29, 1.82) is 0 Å². The Balaban J connectivity index is 2.63. The minimum absolute atomic E-state index is 0.380. The first-order valence-corrected chi connectivity index (χ1v) is 4.11. The number of furan rings is 1. The van der Waals surface area contributed by atoms with Crippen LogP contribution >= 0.6 is 0 Å². The first-order chi connectivity index (χ1) is 6.26. The predicted octanol–water partition coefficient (Wildman–Crippen LogP) is 2.03. The smallest absolute Gasteiger partial charge is 0.330 e. The zero-order valence-corrected chi connectivity index (χ0v) is 7.74. The van der Waals surface area contributed by atoms with E-state index < -0.39 is 0 Å². The fraction of sp³-hybridized carbons (Fsp3) is 0.300. The lowest BCUT2D eigenvalue weighted by Crippen LogP contribution is -1.92. The minimum Gasteiger partial charge on any atom is -0.466 e. The van der Waals surface area contributed by atoms with Gasteiger partial charge in [0.25, 0.3) is 0 Å². The molecule has 0 aromatic carbocycles. The van der Waals surface area contributed by atoms with Gasteiger partial charge in [0.1, 0.15) is 11.5 Å². The molecule has 0 saturated carbocycles. The summed E-state index contributed by atoms with van der Waals surface area (Å²) in [7, 11) is 1.34. The molecule has 0 N–H and O–H groups in total. The maximum absolute atomic E-state index is 10.7. The highest BCUT2D eigenvalue weighted by Crippen LogP contribution is 2.09. The van der Waals surface area contributed by atoms with Crippen molar-refractivity contribution < 1.29 is 13.9 Å². The summed E-state index contributed by atoms with van der Waals surface area (Å²) in [5, 5.41) is 0. The number of carbonyl (C=O) groups is 1. The van der Waals surface area contributed by atoms with Crippen molar-refractivity contribution in [3.63, 3.8) is 0 Å². The lowest BCUT2D eigenvalue weighted by atomic mass is 10.3. The SMILES string of the molecule is CCc1ccc(C=CC(=O)OC)o1. The Morgan fingerprint density at radius 1 is 1.62 bits per heavy atom. The zero-order valence-electron chi connectivity index (χ0n) is 7.74. The molecule has 3 nitrogen and oxygen atoms in total. The van der Waals surface area contributed by atoms with Crippen molar-refractivity contribution in [1.82, 2.24) is 0 Å². The number of hydrogen-bond donors (Lipinski definition) is 0. The first-order valence-electron chi connectivity index (χ1n) is 4.11. The van der Waals surface area contributed by atoms with Crippen LogP contribution in [-0.4, -0.2) is 13.1 Å². The highest BCUT2D eigenvalue weighted by Gasteiger charge is 1.97. The molecule has 0 saturated heterocycles. The van der Waals surface area contributed by atoms with E-state index in [9.17, 15) is 4.79 Å². The molecule has 0 radical (unpaired) electrons. The van der Waals surface area contributed by atoms with Gasteiger partial charge in [0.05, 0.1) is 7.11 Å². The van der Waals surface area contributed by atoms with E-state index in [1.54, 1.807) is 6.08 Å². The number of methoxy groups -OCH3 is 1. The van der Waals surface area contributed by atoms with Crippen molar-refractivity contribution in [3.05, 3.63) is 29.7 Å². The van der Waals surface area contributed by atoms with Crippen LogP contribution in [0.1, 0.15) is 18.4 Å². The van der Waals surface area contributed by atoms with E-state index in [1.807, 2.05) is 19.1 Å². The van der Waals surface area contributed by atoms with Crippen LogP contribution in [0.5, 0.6) is 0 Å². The fourth-order valence-corrected chi connectivity index (χ4v) is 0.892. The van der Waals surface area contributed by atoms with Crippen LogP contribution in [0.3, 0.4) is 0 Å². The van der Waals surface area contributed by atoms with E-state index in [4.69, 9.17) is 4.42 Å². The van der Waals surface area contributed by atoms with E-state index in [0.717, 1.165) is 12.2 Å². The van der Waals surface area contributed by atoms with E-state index in [2.05, 4.69) is 4.74 Å². The topological polar surface area (TPSA) is 39.4 Å². The molecule has 0 aliphatic heterocycles. The average Bonchev–Trinajstić information content (AvgIpc) is 2.61. The molecule has 0 atom stereocenters. The minimum atomic E-state index is -0.380. The Kier molecular flexibility index (Phi) is 3.31. The number of carbonyl (C=O) groups excluding carboxylic acids is 1. The van der Waals surface area contributed by atoms with Crippen molar-refractivity contribution in [3.8, 4) is 0 Å². The standard InChI is InChI=1S/C10H12O3/c1-3-8-4-5-9(13-8)6-7-10(11)12-2/h4-7H,3H2,1-2H3. The number of rotatable bonds is 3. The van der Waals surface area contributed by atoms with E-state index in [1.165, 1.54) is 13.2 Å². The largest absolute Gasteiger partial charge is 0.466 e. The van der Waals surface area contributed by atoms with Crippen LogP contribution in [0.25, 0.3) is 6.08 Å². The van der Waals surface area contributed by atoms with Crippen molar-refractivity contribution >= 4 is 12.0 Å². The summed E-state index contributed by atoms with van der Waals surface area (Å²) >= 11 is 0. The third-order valence-corrected chi connectivity index (χ3v) is 1.62. The third-order valence-electron chi connectivity index (χ3n) is 1.62. The molecule has 3 heteroatoms. The van der Waals surface area contributed by atoms with Crippen LogP contribution in [0.2, 0.25) is 0 Å². The molecule has 1 rings (SSSR count). The number of ether oxygens (including phenoxy) is 1. The molecule has 0 unspecified atom stereocenters. The van der Waals surface area contributed by atoms with Gasteiger partial charge in [-0.3, -0.25) is 0 Å². The Morgan fingerprint density at radius 3 is 2.92 bits per heavy atom. The summed E-state index contributed by atoms with van der Waals surface area (Å²) in [4.78, 5) is 10.7. The summed E-state index contributed by atoms with van der Waals surface area (Å²) in [6.45, 7) is 2.01. The second-order valence-electron chi connectivity index (χ2n) is 2.51. The van der Waals surface area contributed by atoms with Gasteiger partial charge in [-0.1, -0.05) is 6.92 Å². The molecule has 1 heterocycles. The second-order valence-corrected chi connectivity index (χ2v) is 2.51. The molecule has 70 valence electrons. The number of hydrogen-bond acceptors (Lipinski definition) is 3. The molecule has 0 amide bonds. The Hall–Kier alpha value is -1.51. The monoisotopic (exact) mass is 180 g/mol. The van der Waals surface area contributed by atoms with Gasteiger partial charge in [0, 0.05) is 12.5 Å². The fourth-order valence-electron chi connectivity index (χ4n) is 0.892. The highest BCUT2D eigenvalue weighted by molar-refractivity contribution is 5.86. The Labute approximate surface area is 77.0 Å². The first kappa shape index (κ1) is 9.58. The van der Waals surface area contributed by atoms with E-state index in [0.29, 0.717) is 5.76 Å². The molecule has 0 bridgehead atoms. The van der Waals surface area contributed by atoms with Gasteiger partial charge in [-0.05, 0) is 18.2 Å². The average molecular weight is 180 g/mol. The normalized spacial score (nSPS) is 10.6. The molecule has 1 aromatic rings. The van der Waals surface area contributed by atoms with E-state index >= 15 is 0 Å². The molecule has 0 aliphatic carbocycles. The molecule has 1 aromatic heterocycles. The molecule has 13 heavy (non-hydrogen) atoms. The number of aryl methyl sites for hydroxylation is 1. The van der Waals surface area contributed by atoms with Crippen LogP contribution in [-0.2, 0) is 16.0 Å². The van der Waals surface area contributed by atoms with E-state index in [-0.39, 0.29) is 5.97 Å². The third kappa shape index (κ3) is 2.78. The predicted molar refractivity (Wildman–Crippen MR) is 49.1 cm³/mol. The molecule has 0 fully saturated rings. The van der Waals surface area contributed by atoms with Gasteiger partial charge in [0.15, 0.2) is 0 Å². The van der Waals surface area contributed by atoms with Gasteiger partial charge >= 0.3 is 5.97 Å². The molecule has 0 aliphatic rings. The lowest BCUT2D eigenvalue weighted by Gasteiger charge is -1.88.